The number of fused-ring (bicyclic) bond motifs is 1. The first-order valence-corrected chi connectivity index (χ1v) is 9.82. The van der Waals surface area contributed by atoms with Crippen LogP contribution in [0.4, 0.5) is 4.79 Å². The van der Waals surface area contributed by atoms with Crippen LogP contribution in [0.15, 0.2) is 57.1 Å². The van der Waals surface area contributed by atoms with Crippen molar-refractivity contribution in [2.24, 2.45) is 15.9 Å². The minimum absolute atomic E-state index is 0.340. The highest BCUT2D eigenvalue weighted by Crippen LogP contribution is 2.28. The summed E-state index contributed by atoms with van der Waals surface area (Å²) in [6, 6.07) is 10.5. The molecule has 0 saturated carbocycles. The Morgan fingerprint density at radius 2 is 1.96 bits per heavy atom. The van der Waals surface area contributed by atoms with Crippen molar-refractivity contribution in [1.29, 1.82) is 0 Å². The number of rotatable bonds is 3. The maximum atomic E-state index is 12.8. The van der Waals surface area contributed by atoms with Crippen LogP contribution in [0.3, 0.4) is 0 Å². The molecule has 0 aliphatic carbocycles. The largest absolute Gasteiger partial charge is 0.459 e. The summed E-state index contributed by atoms with van der Waals surface area (Å²) in [5.74, 6) is 0.703. The van der Waals surface area contributed by atoms with Gasteiger partial charge in [0.1, 0.15) is 5.04 Å². The lowest BCUT2D eigenvalue weighted by atomic mass is 10.0. The second-order valence-electron chi connectivity index (χ2n) is 6.31. The molecule has 0 radical (unpaired) electrons. The fourth-order valence-corrected chi connectivity index (χ4v) is 4.10. The smallest absolute Gasteiger partial charge is 0.445 e. The van der Waals surface area contributed by atoms with Gasteiger partial charge in [-0.25, -0.2) is 9.79 Å². The number of hydrogen-bond acceptors (Lipinski definition) is 6. The molecule has 1 atom stereocenters. The summed E-state index contributed by atoms with van der Waals surface area (Å²) in [7, 11) is 3.06. The summed E-state index contributed by atoms with van der Waals surface area (Å²) >= 11 is 7.38. The van der Waals surface area contributed by atoms with Crippen LogP contribution in [0.5, 0.6) is 0 Å². The number of urea groups is 1. The second-order valence-corrected chi connectivity index (χ2v) is 7.74. The molecule has 3 heterocycles. The van der Waals surface area contributed by atoms with Gasteiger partial charge in [0.15, 0.2) is 11.7 Å². The lowest BCUT2D eigenvalue weighted by molar-refractivity contribution is -0.407. The van der Waals surface area contributed by atoms with E-state index < -0.39 is 11.9 Å². The molecule has 2 aliphatic rings. The van der Waals surface area contributed by atoms with Crippen molar-refractivity contribution in [2.45, 2.75) is 5.75 Å². The predicted octanol–water partition coefficient (Wildman–Crippen LogP) is 3.27. The molecule has 0 saturated heterocycles. The van der Waals surface area contributed by atoms with Crippen molar-refractivity contribution in [3.63, 3.8) is 0 Å². The molecule has 0 fully saturated rings. The molecule has 0 bridgehead atoms. The Morgan fingerprint density at radius 1 is 1.21 bits per heavy atom. The normalized spacial score (nSPS) is 19.5. The van der Waals surface area contributed by atoms with E-state index in [-0.39, 0.29) is 5.91 Å². The number of carbonyl (C=O) groups is 2. The van der Waals surface area contributed by atoms with Gasteiger partial charge in [-0.3, -0.25) is 4.79 Å². The van der Waals surface area contributed by atoms with Crippen molar-refractivity contribution in [3.8, 4) is 0 Å². The Hall–Kier alpha value is -2.71. The third kappa shape index (κ3) is 3.29. The number of furan rings is 1. The van der Waals surface area contributed by atoms with Crippen LogP contribution in [0.25, 0.3) is 0 Å². The van der Waals surface area contributed by atoms with E-state index in [1.807, 2.05) is 24.3 Å². The molecule has 4 rings (SSSR count). The van der Waals surface area contributed by atoms with Gasteiger partial charge in [0, 0.05) is 10.8 Å². The minimum atomic E-state index is -0.719. The second kappa shape index (κ2) is 7.37. The monoisotopic (exact) mass is 415 g/mol. The van der Waals surface area contributed by atoms with Gasteiger partial charge in [-0.2, -0.15) is 9.48 Å². The first-order chi connectivity index (χ1) is 13.5. The number of aliphatic imine (C=N–C) groups is 2. The zero-order chi connectivity index (χ0) is 19.8. The summed E-state index contributed by atoms with van der Waals surface area (Å²) in [5, 5.41) is 1.23. The van der Waals surface area contributed by atoms with E-state index in [4.69, 9.17) is 16.0 Å². The third-order valence-corrected chi connectivity index (χ3v) is 5.83. The molecule has 9 heteroatoms. The van der Waals surface area contributed by atoms with Crippen molar-refractivity contribution >= 4 is 52.0 Å². The summed E-state index contributed by atoms with van der Waals surface area (Å²) < 4.78 is 6.79. The van der Waals surface area contributed by atoms with Crippen LogP contribution >= 0.6 is 23.4 Å². The molecule has 1 unspecified atom stereocenters. The number of hydrogen-bond donors (Lipinski definition) is 0. The van der Waals surface area contributed by atoms with Crippen LogP contribution < -0.4 is 0 Å². The van der Waals surface area contributed by atoms with Gasteiger partial charge in [-0.15, -0.1) is 11.8 Å². The zero-order valence-corrected chi connectivity index (χ0v) is 16.7. The summed E-state index contributed by atoms with van der Waals surface area (Å²) in [6.45, 7) is 0. The Balaban J connectivity index is 1.73. The van der Waals surface area contributed by atoms with E-state index >= 15 is 0 Å². The van der Waals surface area contributed by atoms with E-state index in [2.05, 4.69) is 9.98 Å². The molecular weight excluding hydrogens is 400 g/mol. The van der Waals surface area contributed by atoms with Crippen molar-refractivity contribution in [3.05, 3.63) is 59.0 Å². The predicted molar refractivity (Wildman–Crippen MR) is 108 cm³/mol. The third-order valence-electron chi connectivity index (χ3n) is 4.48. The molecule has 2 aliphatic heterocycles. The summed E-state index contributed by atoms with van der Waals surface area (Å²) in [6.07, 6.45) is 1.53. The number of amidine groups is 2. The van der Waals surface area contributed by atoms with Crippen LogP contribution in [-0.4, -0.2) is 52.2 Å². The van der Waals surface area contributed by atoms with Gasteiger partial charge in [0.2, 0.25) is 0 Å². The van der Waals surface area contributed by atoms with Gasteiger partial charge in [0.05, 0.1) is 20.4 Å². The molecule has 142 valence electrons. The Morgan fingerprint density at radius 3 is 2.64 bits per heavy atom. The molecule has 1 aromatic heterocycles. The summed E-state index contributed by atoms with van der Waals surface area (Å²) in [4.78, 5) is 35.3. The maximum Gasteiger partial charge on any atom is 0.445 e. The van der Waals surface area contributed by atoms with Gasteiger partial charge in [0.25, 0.3) is 11.7 Å². The highest BCUT2D eigenvalue weighted by molar-refractivity contribution is 8.13. The molecule has 0 N–H and O–H groups in total. The highest BCUT2D eigenvalue weighted by atomic mass is 35.5. The zero-order valence-electron chi connectivity index (χ0n) is 15.1. The number of halogens is 1. The number of amides is 3. The molecular formula is C19H16ClN4O3S+. The number of benzene rings is 1. The van der Waals surface area contributed by atoms with Crippen LogP contribution in [0.1, 0.15) is 11.3 Å². The Kier molecular flexibility index (Phi) is 4.91. The average Bonchev–Trinajstić information content (AvgIpc) is 3.24. The average molecular weight is 416 g/mol. The molecule has 2 aromatic rings. The van der Waals surface area contributed by atoms with Crippen molar-refractivity contribution in [2.75, 3.05) is 14.1 Å². The fourth-order valence-electron chi connectivity index (χ4n) is 2.94. The van der Waals surface area contributed by atoms with E-state index in [0.29, 0.717) is 33.3 Å². The fraction of sp³-hybridized carbons (Fsp3) is 0.211. The summed E-state index contributed by atoms with van der Waals surface area (Å²) in [5.41, 5.74) is 1.04. The molecule has 1 aromatic carbocycles. The molecule has 0 spiro atoms. The van der Waals surface area contributed by atoms with E-state index in [1.54, 1.807) is 19.2 Å². The number of thioether (sulfide) groups is 1. The van der Waals surface area contributed by atoms with E-state index in [9.17, 15) is 9.59 Å². The molecule has 28 heavy (non-hydrogen) atoms. The molecule has 3 amide bonds. The first-order valence-electron chi connectivity index (χ1n) is 8.46. The van der Waals surface area contributed by atoms with Crippen LogP contribution in [-0.2, 0) is 10.5 Å². The lowest BCUT2D eigenvalue weighted by Crippen LogP contribution is -2.54. The number of nitrogens with zero attached hydrogens (tertiary/aromatic N) is 4. The van der Waals surface area contributed by atoms with Crippen molar-refractivity contribution < 1.29 is 18.6 Å². The highest BCUT2D eigenvalue weighted by Gasteiger charge is 2.49. The van der Waals surface area contributed by atoms with Gasteiger partial charge in [-0.1, -0.05) is 28.7 Å². The lowest BCUT2D eigenvalue weighted by Gasteiger charge is -2.26. The number of carbonyl (C=O) groups excluding carboxylic acids is 2. The van der Waals surface area contributed by atoms with E-state index in [0.717, 1.165) is 10.5 Å². The van der Waals surface area contributed by atoms with Crippen LogP contribution in [0, 0.1) is 5.92 Å². The van der Waals surface area contributed by atoms with Crippen LogP contribution in [0.2, 0.25) is 5.02 Å². The van der Waals surface area contributed by atoms with Crippen molar-refractivity contribution in [1.82, 2.24) is 4.90 Å². The van der Waals surface area contributed by atoms with Gasteiger partial charge in [-0.05, 0) is 29.8 Å². The van der Waals surface area contributed by atoms with E-state index in [1.165, 1.54) is 29.6 Å². The SMILES string of the molecule is CN1C(=O)C2C(SCc3ccc(Cl)cc3)=NC(c3ccco3)=NC2=[N+](C)C1=O. The quantitative estimate of drug-likeness (QED) is 0.721. The standard InChI is InChI=1S/C19H16ClN4O3S/c1-23-16-14(18(25)24(2)19(23)26)17(22-15(21-16)13-4-3-9-27-13)28-10-11-5-7-12(20)8-6-11/h3-9,14H,10H2,1-2H3/q+1. The minimum Gasteiger partial charge on any atom is -0.459 e. The molecule has 7 nitrogen and oxygen atoms in total. The first kappa shape index (κ1) is 18.6. The van der Waals surface area contributed by atoms with Gasteiger partial charge >= 0.3 is 11.9 Å². The van der Waals surface area contributed by atoms with Gasteiger partial charge < -0.3 is 4.42 Å². The Bertz CT molecular complexity index is 1040. The number of imide groups is 1. The Labute approximate surface area is 170 Å². The topological polar surface area (TPSA) is 78.2 Å². The maximum absolute atomic E-state index is 12.8.